The lowest BCUT2D eigenvalue weighted by Gasteiger charge is -2.02. The van der Waals surface area contributed by atoms with Crippen LogP contribution in [0.4, 0.5) is 0 Å². The number of carboxylic acids is 1. The number of rotatable bonds is 3. The maximum absolute atomic E-state index is 10.9. The van der Waals surface area contributed by atoms with Crippen LogP contribution in [0.5, 0.6) is 0 Å². The van der Waals surface area contributed by atoms with Crippen LogP contribution < -0.4 is 0 Å². The van der Waals surface area contributed by atoms with Crippen molar-refractivity contribution in [2.24, 2.45) is 0 Å². The van der Waals surface area contributed by atoms with Gasteiger partial charge in [-0.25, -0.2) is 4.98 Å². The molecule has 1 N–H and O–H groups in total. The molecule has 3 nitrogen and oxygen atoms in total. The van der Waals surface area contributed by atoms with E-state index in [1.807, 2.05) is 36.4 Å². The van der Waals surface area contributed by atoms with Gasteiger partial charge < -0.3 is 5.11 Å². The summed E-state index contributed by atoms with van der Waals surface area (Å²) in [6, 6.07) is 20.2. The van der Waals surface area contributed by atoms with Crippen LogP contribution in [0.15, 0.2) is 60.7 Å². The third-order valence-corrected chi connectivity index (χ3v) is 4.90. The van der Waals surface area contributed by atoms with E-state index in [0.29, 0.717) is 0 Å². The number of thiazole rings is 1. The maximum atomic E-state index is 10.9. The zero-order valence-corrected chi connectivity index (χ0v) is 13.0. The highest BCUT2D eigenvalue weighted by Crippen LogP contribution is 2.34. The van der Waals surface area contributed by atoms with E-state index in [1.165, 1.54) is 10.8 Å². The second kappa shape index (κ2) is 5.48. The summed E-state index contributed by atoms with van der Waals surface area (Å²) in [4.78, 5) is 15.6. The largest absolute Gasteiger partial charge is 0.481 e. The lowest BCUT2D eigenvalue weighted by atomic mass is 10.1. The number of aliphatic carboxylic acids is 1. The molecule has 0 unspecified atom stereocenters. The monoisotopic (exact) mass is 319 g/mol. The standard InChI is InChI=1S/C19H13NO2S/c21-18(22)11-12-8-9-17-16(10-12)20-19(23-17)15-7-3-5-13-4-1-2-6-14(13)15/h1-10H,11H2,(H,21,22). The quantitative estimate of drug-likeness (QED) is 0.593. The van der Waals surface area contributed by atoms with Gasteiger partial charge in [-0.05, 0) is 28.5 Å². The topological polar surface area (TPSA) is 50.2 Å². The van der Waals surface area contributed by atoms with Gasteiger partial charge in [-0.3, -0.25) is 4.79 Å². The second-order valence-electron chi connectivity index (χ2n) is 5.42. The third kappa shape index (κ3) is 2.58. The Bertz CT molecular complexity index is 1030. The van der Waals surface area contributed by atoms with Crippen LogP contribution in [0, 0.1) is 0 Å². The molecule has 0 atom stereocenters. The van der Waals surface area contributed by atoms with Gasteiger partial charge in [-0.2, -0.15) is 0 Å². The Morgan fingerprint density at radius 3 is 2.74 bits per heavy atom. The fourth-order valence-electron chi connectivity index (χ4n) is 2.78. The fourth-order valence-corrected chi connectivity index (χ4v) is 3.77. The number of carbonyl (C=O) groups is 1. The molecule has 23 heavy (non-hydrogen) atoms. The highest BCUT2D eigenvalue weighted by molar-refractivity contribution is 7.21. The van der Waals surface area contributed by atoms with Crippen molar-refractivity contribution in [1.82, 2.24) is 4.98 Å². The minimum atomic E-state index is -0.825. The summed E-state index contributed by atoms with van der Waals surface area (Å²) in [5, 5.41) is 12.3. The Kier molecular flexibility index (Phi) is 3.32. The van der Waals surface area contributed by atoms with Crippen LogP contribution in [0.2, 0.25) is 0 Å². The van der Waals surface area contributed by atoms with Crippen molar-refractivity contribution >= 4 is 38.3 Å². The zero-order chi connectivity index (χ0) is 15.8. The summed E-state index contributed by atoms with van der Waals surface area (Å²) < 4.78 is 1.07. The van der Waals surface area contributed by atoms with Crippen molar-refractivity contribution in [3.63, 3.8) is 0 Å². The van der Waals surface area contributed by atoms with Crippen molar-refractivity contribution in [1.29, 1.82) is 0 Å². The van der Waals surface area contributed by atoms with Crippen molar-refractivity contribution < 1.29 is 9.90 Å². The number of hydrogen-bond donors (Lipinski definition) is 1. The first kappa shape index (κ1) is 13.9. The molecule has 4 rings (SSSR count). The van der Waals surface area contributed by atoms with Gasteiger partial charge in [0.15, 0.2) is 0 Å². The van der Waals surface area contributed by atoms with Crippen LogP contribution in [-0.2, 0) is 11.2 Å². The summed E-state index contributed by atoms with van der Waals surface area (Å²) in [6.45, 7) is 0. The van der Waals surface area contributed by atoms with Gasteiger partial charge in [-0.15, -0.1) is 11.3 Å². The lowest BCUT2D eigenvalue weighted by Crippen LogP contribution is -1.99. The Morgan fingerprint density at radius 2 is 1.87 bits per heavy atom. The number of carboxylic acid groups (broad SMARTS) is 1. The molecule has 0 saturated heterocycles. The molecule has 0 aliphatic carbocycles. The van der Waals surface area contributed by atoms with Gasteiger partial charge >= 0.3 is 5.97 Å². The molecule has 0 radical (unpaired) electrons. The lowest BCUT2D eigenvalue weighted by molar-refractivity contribution is -0.136. The highest BCUT2D eigenvalue weighted by atomic mass is 32.1. The number of hydrogen-bond acceptors (Lipinski definition) is 3. The normalized spacial score (nSPS) is 11.1. The van der Waals surface area contributed by atoms with Crippen LogP contribution >= 0.6 is 11.3 Å². The summed E-state index contributed by atoms with van der Waals surface area (Å²) >= 11 is 1.63. The molecule has 0 aliphatic heterocycles. The number of nitrogens with zero attached hydrogens (tertiary/aromatic N) is 1. The van der Waals surface area contributed by atoms with Gasteiger partial charge in [0.2, 0.25) is 0 Å². The summed E-state index contributed by atoms with van der Waals surface area (Å²) in [5.41, 5.74) is 2.75. The molecule has 3 aromatic carbocycles. The van der Waals surface area contributed by atoms with E-state index in [9.17, 15) is 4.79 Å². The summed E-state index contributed by atoms with van der Waals surface area (Å²) in [7, 11) is 0. The molecule has 0 aliphatic rings. The number of fused-ring (bicyclic) bond motifs is 2. The van der Waals surface area contributed by atoms with E-state index in [1.54, 1.807) is 11.3 Å². The molecule has 1 aromatic heterocycles. The van der Waals surface area contributed by atoms with E-state index in [2.05, 4.69) is 24.3 Å². The van der Waals surface area contributed by atoms with Crippen LogP contribution in [0.1, 0.15) is 5.56 Å². The van der Waals surface area contributed by atoms with Crippen molar-refractivity contribution in [3.05, 3.63) is 66.2 Å². The molecule has 0 saturated carbocycles. The average molecular weight is 319 g/mol. The minimum Gasteiger partial charge on any atom is -0.481 e. The average Bonchev–Trinajstić information content (AvgIpc) is 2.96. The van der Waals surface area contributed by atoms with Crippen molar-refractivity contribution in [2.45, 2.75) is 6.42 Å². The third-order valence-electron chi connectivity index (χ3n) is 3.83. The first-order chi connectivity index (χ1) is 11.2. The molecule has 0 amide bonds. The maximum Gasteiger partial charge on any atom is 0.307 e. The van der Waals surface area contributed by atoms with Gasteiger partial charge in [0.05, 0.1) is 16.6 Å². The molecular formula is C19H13NO2S. The molecule has 4 aromatic rings. The molecule has 0 fully saturated rings. The first-order valence-electron chi connectivity index (χ1n) is 7.30. The van der Waals surface area contributed by atoms with E-state index in [-0.39, 0.29) is 6.42 Å². The van der Waals surface area contributed by atoms with E-state index >= 15 is 0 Å². The van der Waals surface area contributed by atoms with Gasteiger partial charge in [0.1, 0.15) is 5.01 Å². The Morgan fingerprint density at radius 1 is 1.04 bits per heavy atom. The second-order valence-corrected chi connectivity index (χ2v) is 6.45. The van der Waals surface area contributed by atoms with E-state index in [4.69, 9.17) is 10.1 Å². The summed E-state index contributed by atoms with van der Waals surface area (Å²) in [5.74, 6) is -0.825. The number of benzene rings is 3. The van der Waals surface area contributed by atoms with Gasteiger partial charge in [-0.1, -0.05) is 48.5 Å². The fraction of sp³-hybridized carbons (Fsp3) is 0.0526. The molecule has 0 bridgehead atoms. The Balaban J connectivity index is 1.86. The predicted molar refractivity (Wildman–Crippen MR) is 93.9 cm³/mol. The van der Waals surface area contributed by atoms with Crippen LogP contribution in [0.25, 0.3) is 31.6 Å². The Labute approximate surface area is 136 Å². The van der Waals surface area contributed by atoms with Crippen molar-refractivity contribution in [3.8, 4) is 10.6 Å². The minimum absolute atomic E-state index is 0.0249. The van der Waals surface area contributed by atoms with Gasteiger partial charge in [0, 0.05) is 5.56 Å². The number of aromatic nitrogens is 1. The first-order valence-corrected chi connectivity index (χ1v) is 8.12. The SMILES string of the molecule is O=C(O)Cc1ccc2sc(-c3cccc4ccccc34)nc2c1. The van der Waals surface area contributed by atoms with E-state index in [0.717, 1.165) is 26.4 Å². The molecular weight excluding hydrogens is 306 g/mol. The Hall–Kier alpha value is -2.72. The molecule has 4 heteroatoms. The van der Waals surface area contributed by atoms with E-state index < -0.39 is 5.97 Å². The predicted octanol–water partition coefficient (Wildman–Crippen LogP) is 4.74. The highest BCUT2D eigenvalue weighted by Gasteiger charge is 2.10. The molecule has 1 heterocycles. The van der Waals surface area contributed by atoms with Crippen LogP contribution in [0.3, 0.4) is 0 Å². The smallest absolute Gasteiger partial charge is 0.307 e. The van der Waals surface area contributed by atoms with Crippen molar-refractivity contribution in [2.75, 3.05) is 0 Å². The summed E-state index contributed by atoms with van der Waals surface area (Å²) in [6.07, 6.45) is 0.0249. The van der Waals surface area contributed by atoms with Gasteiger partial charge in [0.25, 0.3) is 0 Å². The van der Waals surface area contributed by atoms with Crippen LogP contribution in [-0.4, -0.2) is 16.1 Å². The molecule has 0 spiro atoms. The zero-order valence-electron chi connectivity index (χ0n) is 12.2. The molecule has 112 valence electrons.